The topological polar surface area (TPSA) is 0 Å². The van der Waals surface area contributed by atoms with Crippen molar-refractivity contribution < 1.29 is 0 Å². The van der Waals surface area contributed by atoms with E-state index in [-0.39, 0.29) is 8.41 Å². The third kappa shape index (κ3) is 1.06. The van der Waals surface area contributed by atoms with Crippen molar-refractivity contribution in [2.45, 2.75) is 24.9 Å². The standard InChI is InChI=1S/C9H11Si/c1-2-6-9(5-1)10-7-3-4-8-10/h1-2,5H,3-4,7-8H2. The Hall–Kier alpha value is -0.433. The van der Waals surface area contributed by atoms with Crippen molar-refractivity contribution in [2.75, 3.05) is 0 Å². The van der Waals surface area contributed by atoms with Gasteiger partial charge in [-0.15, -0.1) is 0 Å². The number of allylic oxidation sites excluding steroid dienone is 4. The molecule has 10 heavy (non-hydrogen) atoms. The van der Waals surface area contributed by atoms with E-state index in [0.717, 1.165) is 0 Å². The minimum absolute atomic E-state index is 0.102. The minimum atomic E-state index is -0.102. The summed E-state index contributed by atoms with van der Waals surface area (Å²) in [4.78, 5) is 0. The highest BCUT2D eigenvalue weighted by molar-refractivity contribution is 6.75. The minimum Gasteiger partial charge on any atom is -0.0614 e. The molecule has 1 radical (unpaired) electrons. The molecule has 1 aliphatic carbocycles. The Morgan fingerprint density at radius 3 is 2.70 bits per heavy atom. The van der Waals surface area contributed by atoms with Crippen LogP contribution in [0.3, 0.4) is 0 Å². The zero-order valence-corrected chi connectivity index (χ0v) is 7.06. The van der Waals surface area contributed by atoms with Crippen LogP contribution in [0, 0.1) is 6.08 Å². The molecule has 0 spiro atoms. The lowest BCUT2D eigenvalue weighted by molar-refractivity contribution is 0.935. The molecule has 0 bridgehead atoms. The van der Waals surface area contributed by atoms with E-state index in [1.165, 1.54) is 24.9 Å². The molecule has 0 atom stereocenters. The second kappa shape index (κ2) is 2.66. The van der Waals surface area contributed by atoms with Crippen molar-refractivity contribution in [2.24, 2.45) is 0 Å². The Kier molecular flexibility index (Phi) is 1.68. The Morgan fingerprint density at radius 1 is 1.30 bits per heavy atom. The Bertz CT molecular complexity index is 199. The molecule has 2 rings (SSSR count). The fourth-order valence-corrected chi connectivity index (χ4v) is 4.38. The van der Waals surface area contributed by atoms with Gasteiger partial charge in [-0.3, -0.25) is 0 Å². The molecule has 0 amide bonds. The highest BCUT2D eigenvalue weighted by Crippen LogP contribution is 2.16. The third-order valence-corrected chi connectivity index (χ3v) is 5.17. The first-order chi connectivity index (χ1) is 4.97. The fraction of sp³-hybridized carbons (Fsp3) is 0.444. The van der Waals surface area contributed by atoms with Crippen LogP contribution < -0.4 is 0 Å². The zero-order chi connectivity index (χ0) is 6.81. The highest BCUT2D eigenvalue weighted by Gasteiger charge is 2.11. The lowest BCUT2D eigenvalue weighted by atomic mass is 10.4. The molecule has 0 unspecified atom stereocenters. The van der Waals surface area contributed by atoms with Gasteiger partial charge in [-0.05, 0) is 23.3 Å². The maximum Gasteiger partial charge on any atom is 0.0201 e. The van der Waals surface area contributed by atoms with Crippen molar-refractivity contribution in [3.8, 4) is 0 Å². The quantitative estimate of drug-likeness (QED) is 0.459. The Labute approximate surface area is 63.5 Å². The number of hydrogen-bond donors (Lipinski definition) is 0. The van der Waals surface area contributed by atoms with Crippen LogP contribution in [-0.4, -0.2) is 13.6 Å². The molecule has 0 nitrogen and oxygen atoms in total. The molecule has 0 saturated carbocycles. The second-order valence-corrected chi connectivity index (χ2v) is 5.64. The molecule has 1 aliphatic heterocycles. The summed E-state index contributed by atoms with van der Waals surface area (Å²) in [6, 6.07) is 2.98. The highest BCUT2D eigenvalue weighted by atomic mass is 28.2. The van der Waals surface area contributed by atoms with Crippen molar-refractivity contribution >= 4 is 13.6 Å². The van der Waals surface area contributed by atoms with Gasteiger partial charge in [-0.2, -0.15) is 0 Å². The van der Waals surface area contributed by atoms with Crippen LogP contribution in [0.1, 0.15) is 12.8 Å². The molecule has 51 valence electrons. The van der Waals surface area contributed by atoms with Gasteiger partial charge in [0.2, 0.25) is 0 Å². The summed E-state index contributed by atoms with van der Waals surface area (Å²) in [5.41, 5.74) is 0. The molecule has 1 saturated heterocycles. The number of rotatable bonds is 0. The van der Waals surface area contributed by atoms with Crippen molar-refractivity contribution in [1.82, 2.24) is 0 Å². The second-order valence-electron chi connectivity index (χ2n) is 2.89. The van der Waals surface area contributed by atoms with E-state index in [4.69, 9.17) is 0 Å². The summed E-state index contributed by atoms with van der Waals surface area (Å²) < 4.78 is 0. The van der Waals surface area contributed by atoms with Crippen molar-refractivity contribution in [3.63, 3.8) is 0 Å². The van der Waals surface area contributed by atoms with E-state index in [2.05, 4.69) is 18.2 Å². The van der Waals surface area contributed by atoms with Gasteiger partial charge < -0.3 is 0 Å². The van der Waals surface area contributed by atoms with E-state index >= 15 is 0 Å². The summed E-state index contributed by atoms with van der Waals surface area (Å²) >= 11 is 0. The maximum absolute atomic E-state index is 3.32. The van der Waals surface area contributed by atoms with Gasteiger partial charge in [0.1, 0.15) is 0 Å². The maximum atomic E-state index is 3.32. The molecule has 0 aromatic carbocycles. The Balaban J connectivity index is 2.26. The van der Waals surface area contributed by atoms with Crippen LogP contribution in [0.15, 0.2) is 18.2 Å². The summed E-state index contributed by atoms with van der Waals surface area (Å²) in [6.07, 6.45) is 12.7. The Morgan fingerprint density at radius 2 is 2.10 bits per heavy atom. The first-order valence-corrected chi connectivity index (χ1v) is 5.87. The molecule has 0 aromatic heterocycles. The van der Waals surface area contributed by atoms with Gasteiger partial charge >= 0.3 is 0 Å². The van der Waals surface area contributed by atoms with E-state index in [0.29, 0.717) is 0 Å². The molecule has 0 N–H and O–H groups in total. The van der Waals surface area contributed by atoms with Crippen LogP contribution >= 0.6 is 0 Å². The molecule has 1 heterocycles. The van der Waals surface area contributed by atoms with Crippen LogP contribution in [0.2, 0.25) is 12.1 Å². The molecular formula is C9H11Si. The van der Waals surface area contributed by atoms with Crippen molar-refractivity contribution in [3.05, 3.63) is 24.3 Å². The average molecular weight is 147 g/mol. The molecule has 1 fully saturated rings. The lowest BCUT2D eigenvalue weighted by Crippen LogP contribution is -2.05. The first-order valence-electron chi connectivity index (χ1n) is 3.95. The summed E-state index contributed by atoms with van der Waals surface area (Å²) in [5.74, 6) is 0. The summed E-state index contributed by atoms with van der Waals surface area (Å²) in [6.45, 7) is 0. The normalized spacial score (nSPS) is 23.2. The SMILES string of the molecule is [C]1=CC=CC1=[Si]1CCCC1. The smallest absolute Gasteiger partial charge is 0.0201 e. The molecular weight excluding hydrogens is 136 g/mol. The predicted octanol–water partition coefficient (Wildman–Crippen LogP) is 1.96. The number of hydrogen-bond acceptors (Lipinski definition) is 0. The molecule has 1 heteroatoms. The van der Waals surface area contributed by atoms with Gasteiger partial charge in [-0.1, -0.05) is 31.1 Å². The summed E-state index contributed by atoms with van der Waals surface area (Å²) in [7, 11) is -0.102. The van der Waals surface area contributed by atoms with Gasteiger partial charge in [0.25, 0.3) is 0 Å². The average Bonchev–Trinajstić information content (AvgIpc) is 2.59. The lowest BCUT2D eigenvalue weighted by Gasteiger charge is -1.94. The van der Waals surface area contributed by atoms with E-state index in [1.54, 1.807) is 5.17 Å². The monoisotopic (exact) mass is 147 g/mol. The van der Waals surface area contributed by atoms with Gasteiger partial charge in [0.05, 0.1) is 0 Å². The largest absolute Gasteiger partial charge is 0.0614 e. The zero-order valence-electron chi connectivity index (χ0n) is 6.06. The third-order valence-electron chi connectivity index (χ3n) is 2.19. The fourth-order valence-electron chi connectivity index (χ4n) is 1.62. The van der Waals surface area contributed by atoms with E-state index < -0.39 is 0 Å². The summed E-state index contributed by atoms with van der Waals surface area (Å²) in [5, 5.41) is 1.54. The first kappa shape index (κ1) is 6.29. The van der Waals surface area contributed by atoms with Gasteiger partial charge in [0.15, 0.2) is 0 Å². The van der Waals surface area contributed by atoms with Crippen LogP contribution in [0.5, 0.6) is 0 Å². The molecule has 2 aliphatic rings. The van der Waals surface area contributed by atoms with Crippen LogP contribution in [0.4, 0.5) is 0 Å². The molecule has 0 aromatic rings. The van der Waals surface area contributed by atoms with E-state index in [9.17, 15) is 0 Å². The van der Waals surface area contributed by atoms with Crippen molar-refractivity contribution in [1.29, 1.82) is 0 Å². The predicted molar refractivity (Wildman–Crippen MR) is 46.6 cm³/mol. The van der Waals surface area contributed by atoms with Crippen LogP contribution in [0.25, 0.3) is 0 Å². The van der Waals surface area contributed by atoms with Gasteiger partial charge in [-0.25, -0.2) is 0 Å². The van der Waals surface area contributed by atoms with Crippen LogP contribution in [-0.2, 0) is 0 Å². The van der Waals surface area contributed by atoms with E-state index in [1.807, 2.05) is 6.08 Å². The van der Waals surface area contributed by atoms with Gasteiger partial charge in [0, 0.05) is 8.41 Å².